The molecular formula is C44H51FN12O7. The van der Waals surface area contributed by atoms with Crippen LogP contribution in [0.5, 0.6) is 5.88 Å². The first-order chi connectivity index (χ1) is 30.7. The maximum atomic E-state index is 15.5. The topological polar surface area (TPSA) is 201 Å². The quantitative estimate of drug-likeness (QED) is 0.245. The molecule has 1 unspecified atom stereocenters. The summed E-state index contributed by atoms with van der Waals surface area (Å²) in [6.45, 7) is 13.0. The summed E-state index contributed by atoms with van der Waals surface area (Å²) in [5.74, 6) is -0.819. The van der Waals surface area contributed by atoms with Gasteiger partial charge in [-0.15, -0.1) is 0 Å². The maximum Gasteiger partial charge on any atom is 0.415 e. The summed E-state index contributed by atoms with van der Waals surface area (Å²) in [6, 6.07) is 5.59. The molecule has 336 valence electrons. The van der Waals surface area contributed by atoms with Gasteiger partial charge in [-0.05, 0) is 63.8 Å². The number of imide groups is 1. The van der Waals surface area contributed by atoms with Gasteiger partial charge in [-0.25, -0.2) is 28.8 Å². The zero-order valence-electron chi connectivity index (χ0n) is 36.3. The van der Waals surface area contributed by atoms with Crippen LogP contribution in [-0.4, -0.2) is 129 Å². The van der Waals surface area contributed by atoms with Crippen LogP contribution in [0.2, 0.25) is 0 Å². The van der Waals surface area contributed by atoms with Crippen LogP contribution >= 0.6 is 0 Å². The van der Waals surface area contributed by atoms with Gasteiger partial charge in [-0.3, -0.25) is 34.3 Å². The number of fused-ring (bicyclic) bond motifs is 2. The third-order valence-electron chi connectivity index (χ3n) is 12.3. The summed E-state index contributed by atoms with van der Waals surface area (Å²) in [4.78, 5) is 86.8. The molecule has 20 heteroatoms. The average molecular weight is 879 g/mol. The number of anilines is 5. The Morgan fingerprint density at radius 2 is 1.77 bits per heavy atom. The van der Waals surface area contributed by atoms with Crippen LogP contribution in [0, 0.1) is 12.7 Å². The second-order valence-corrected chi connectivity index (χ2v) is 17.8. The number of amides is 4. The van der Waals surface area contributed by atoms with Crippen LogP contribution in [-0.2, 0) is 38.5 Å². The van der Waals surface area contributed by atoms with E-state index >= 15 is 4.39 Å². The first-order valence-electron chi connectivity index (χ1n) is 21.6. The van der Waals surface area contributed by atoms with E-state index in [2.05, 4.69) is 35.5 Å². The van der Waals surface area contributed by atoms with Crippen molar-refractivity contribution in [2.75, 3.05) is 79.0 Å². The van der Waals surface area contributed by atoms with Crippen LogP contribution in [0.1, 0.15) is 62.0 Å². The van der Waals surface area contributed by atoms with Crippen molar-refractivity contribution in [2.24, 2.45) is 0 Å². The molecule has 0 bridgehead atoms. The Morgan fingerprint density at radius 1 is 0.969 bits per heavy atom. The number of carbonyl (C=O) groups excluding carboxylic acids is 4. The lowest BCUT2D eigenvalue weighted by atomic mass is 10.0. The molecule has 64 heavy (non-hydrogen) atoms. The number of nitrogens with zero attached hydrogens (tertiary/aromatic N) is 10. The normalized spacial score (nSPS) is 19.3. The van der Waals surface area contributed by atoms with Crippen LogP contribution in [0.15, 0.2) is 47.7 Å². The highest BCUT2D eigenvalue weighted by atomic mass is 19.1. The van der Waals surface area contributed by atoms with Crippen molar-refractivity contribution in [3.63, 3.8) is 0 Å². The second kappa shape index (κ2) is 17.1. The van der Waals surface area contributed by atoms with Gasteiger partial charge >= 0.3 is 6.09 Å². The highest BCUT2D eigenvalue weighted by Gasteiger charge is 2.37. The van der Waals surface area contributed by atoms with Crippen molar-refractivity contribution in [1.29, 1.82) is 0 Å². The molecular weight excluding hydrogens is 828 g/mol. The van der Waals surface area contributed by atoms with E-state index in [0.29, 0.717) is 106 Å². The first-order valence-corrected chi connectivity index (χ1v) is 21.6. The molecule has 0 radical (unpaired) electrons. The molecule has 4 aromatic rings. The zero-order chi connectivity index (χ0) is 44.9. The first kappa shape index (κ1) is 42.6. The number of pyridine rings is 1. The fraction of sp³-hybridized carbons (Fsp3) is 0.477. The minimum atomic E-state index is -0.804. The molecule has 1 aromatic carbocycles. The summed E-state index contributed by atoms with van der Waals surface area (Å²) in [5.41, 5.74) is 4.47. The van der Waals surface area contributed by atoms with Crippen molar-refractivity contribution >= 4 is 52.5 Å². The predicted octanol–water partition coefficient (Wildman–Crippen LogP) is 2.87. The minimum Gasteiger partial charge on any atom is -0.474 e. The number of ether oxygens (including phenoxy) is 2. The van der Waals surface area contributed by atoms with E-state index in [0.717, 1.165) is 27.2 Å². The molecule has 1 atom stereocenters. The Bertz CT molecular complexity index is 2570. The maximum absolute atomic E-state index is 15.5. The molecule has 0 spiro atoms. The van der Waals surface area contributed by atoms with E-state index in [1.807, 2.05) is 32.6 Å². The molecule has 19 nitrogen and oxygen atoms in total. The van der Waals surface area contributed by atoms with E-state index in [1.165, 1.54) is 12.1 Å². The molecule has 8 heterocycles. The summed E-state index contributed by atoms with van der Waals surface area (Å²) < 4.78 is 28.1. The van der Waals surface area contributed by atoms with Gasteiger partial charge in [-0.1, -0.05) is 6.07 Å². The smallest absolute Gasteiger partial charge is 0.415 e. The van der Waals surface area contributed by atoms with Gasteiger partial charge in [0.05, 0.1) is 49.0 Å². The number of rotatable bonds is 8. The van der Waals surface area contributed by atoms with Crippen molar-refractivity contribution in [1.82, 2.24) is 39.8 Å². The lowest BCUT2D eigenvalue weighted by Crippen LogP contribution is -2.63. The largest absolute Gasteiger partial charge is 0.474 e. The SMILES string of the molecule is Cc1c(N2CCc3cnc(Nc4ccc(CC(=O)N5CCN(C6CN(c7cnn(C8CCC(=O)NC8=O)c(=O)c7)C6)CC5)c(F)c4)nc3C2)cnc2c1N(C(=O)OC(C)(C)C)CCO2. The molecule has 9 rings (SSSR count). The predicted molar refractivity (Wildman–Crippen MR) is 232 cm³/mol. The number of benzene rings is 1. The Kier molecular flexibility index (Phi) is 11.4. The number of piperazine rings is 1. The van der Waals surface area contributed by atoms with Crippen molar-refractivity contribution in [3.8, 4) is 5.88 Å². The van der Waals surface area contributed by atoms with Crippen LogP contribution in [0.3, 0.4) is 0 Å². The van der Waals surface area contributed by atoms with E-state index in [9.17, 15) is 24.0 Å². The van der Waals surface area contributed by atoms with Crippen molar-refractivity contribution in [3.05, 3.63) is 81.4 Å². The molecule has 5 aliphatic heterocycles. The van der Waals surface area contributed by atoms with Gasteiger partial charge in [-0.2, -0.15) is 5.10 Å². The monoisotopic (exact) mass is 878 g/mol. The fourth-order valence-corrected chi connectivity index (χ4v) is 8.85. The lowest BCUT2D eigenvalue weighted by Gasteiger charge is -2.49. The van der Waals surface area contributed by atoms with Crippen LogP contribution in [0.25, 0.3) is 0 Å². The molecule has 5 aliphatic rings. The van der Waals surface area contributed by atoms with Crippen molar-refractivity contribution < 1.29 is 33.0 Å². The van der Waals surface area contributed by atoms with Gasteiger partial charge in [0, 0.05) is 81.8 Å². The third-order valence-corrected chi connectivity index (χ3v) is 12.3. The molecule has 2 N–H and O–H groups in total. The molecule has 4 amide bonds. The van der Waals surface area contributed by atoms with E-state index in [4.69, 9.17) is 14.5 Å². The highest BCUT2D eigenvalue weighted by Crippen LogP contribution is 2.40. The summed E-state index contributed by atoms with van der Waals surface area (Å²) in [6.07, 6.45) is 5.69. The van der Waals surface area contributed by atoms with Gasteiger partial charge in [0.2, 0.25) is 23.6 Å². The zero-order valence-corrected chi connectivity index (χ0v) is 36.3. The summed E-state index contributed by atoms with van der Waals surface area (Å²) in [7, 11) is 0. The number of hydrogen-bond acceptors (Lipinski definition) is 15. The molecule has 3 fully saturated rings. The minimum absolute atomic E-state index is 0.0650. The van der Waals surface area contributed by atoms with Gasteiger partial charge in [0.25, 0.3) is 11.5 Å². The Labute approximate surface area is 368 Å². The number of carbonyl (C=O) groups is 4. The van der Waals surface area contributed by atoms with Gasteiger partial charge < -0.3 is 29.5 Å². The van der Waals surface area contributed by atoms with Crippen LogP contribution in [0.4, 0.5) is 37.9 Å². The van der Waals surface area contributed by atoms with Crippen molar-refractivity contribution in [2.45, 2.75) is 77.6 Å². The standard InChI is InChI=1S/C44H51FN12O7/c1-26-35(22-46-41-39(26)56(15-16-63-41)43(62)64-44(2,3)4)54-10-9-28-20-47-42(50-33(28)25-54)49-29-6-5-27(32(45)18-29)17-37(59)53-13-11-52(12-14-53)31-23-55(24-31)30-19-38(60)57(48-21-30)34-7-8-36(58)51-40(34)61/h5-6,18-22,31,34H,7-17,23-25H2,1-4H3,(H,47,49,50)(H,51,58,61). The number of piperidine rings is 1. The van der Waals surface area contributed by atoms with Crippen LogP contribution < -0.4 is 35.6 Å². The second-order valence-electron chi connectivity index (χ2n) is 17.8. The summed E-state index contributed by atoms with van der Waals surface area (Å²) in [5, 5.41) is 9.63. The number of hydrogen-bond donors (Lipinski definition) is 2. The van der Waals surface area contributed by atoms with Gasteiger partial charge in [0.15, 0.2) is 0 Å². The Morgan fingerprint density at radius 3 is 2.50 bits per heavy atom. The Balaban J connectivity index is 0.765. The lowest BCUT2D eigenvalue weighted by molar-refractivity contribution is -0.136. The number of nitrogens with one attached hydrogen (secondary N) is 2. The van der Waals surface area contributed by atoms with Gasteiger partial charge in [0.1, 0.15) is 29.8 Å². The van der Waals surface area contributed by atoms with E-state index in [1.54, 1.807) is 40.5 Å². The third kappa shape index (κ3) is 8.78. The highest BCUT2D eigenvalue weighted by molar-refractivity contribution is 5.99. The van der Waals surface area contributed by atoms with E-state index < -0.39 is 35.0 Å². The summed E-state index contributed by atoms with van der Waals surface area (Å²) >= 11 is 0. The number of aromatic nitrogens is 5. The molecule has 0 saturated carbocycles. The molecule has 3 aromatic heterocycles. The van der Waals surface area contributed by atoms with E-state index in [-0.39, 0.29) is 37.1 Å². The molecule has 3 saturated heterocycles. The fourth-order valence-electron chi connectivity index (χ4n) is 8.85. The average Bonchev–Trinajstić information content (AvgIpc) is 3.24. The number of halogens is 1. The molecule has 0 aliphatic carbocycles. The Hall–Kier alpha value is -6.70.